The lowest BCUT2D eigenvalue weighted by Gasteiger charge is -2.13. The summed E-state index contributed by atoms with van der Waals surface area (Å²) in [5, 5.41) is 5.99. The number of amides is 1. The van der Waals surface area contributed by atoms with Crippen LogP contribution in [0.3, 0.4) is 0 Å². The van der Waals surface area contributed by atoms with Crippen molar-refractivity contribution >= 4 is 11.6 Å². The van der Waals surface area contributed by atoms with E-state index in [1.54, 1.807) is 7.11 Å². The van der Waals surface area contributed by atoms with Crippen LogP contribution >= 0.6 is 0 Å². The molecule has 0 saturated heterocycles. The van der Waals surface area contributed by atoms with Gasteiger partial charge in [0.05, 0.1) is 25.9 Å². The number of hydrogen-bond donors (Lipinski definition) is 2. The molecule has 1 amide bonds. The molecule has 0 unspecified atom stereocenters. The fourth-order valence-electron chi connectivity index (χ4n) is 2.31. The van der Waals surface area contributed by atoms with Gasteiger partial charge in [0.2, 0.25) is 5.91 Å². The van der Waals surface area contributed by atoms with Crippen LogP contribution in [0.2, 0.25) is 0 Å². The highest BCUT2D eigenvalue weighted by molar-refractivity contribution is 5.93. The maximum atomic E-state index is 12.2. The Bertz CT molecular complexity index is 674. The average molecular weight is 358 g/mol. The van der Waals surface area contributed by atoms with Gasteiger partial charge >= 0.3 is 0 Å². The fourth-order valence-corrected chi connectivity index (χ4v) is 2.31. The van der Waals surface area contributed by atoms with Crippen molar-refractivity contribution in [1.82, 2.24) is 5.32 Å². The maximum absolute atomic E-state index is 12.2. The highest BCUT2D eigenvalue weighted by atomic mass is 16.5. The number of benzene rings is 2. The molecule has 0 radical (unpaired) electrons. The third kappa shape index (κ3) is 6.74. The normalized spacial score (nSPS) is 10.4. The molecule has 0 aliphatic carbocycles. The van der Waals surface area contributed by atoms with E-state index < -0.39 is 0 Å². The number of para-hydroxylation sites is 2. The number of ether oxygens (including phenoxy) is 3. The summed E-state index contributed by atoms with van der Waals surface area (Å²) < 4.78 is 16.0. The molecule has 140 valence electrons. The van der Waals surface area contributed by atoms with Crippen LogP contribution in [-0.4, -0.2) is 39.4 Å². The van der Waals surface area contributed by atoms with Crippen LogP contribution in [0.1, 0.15) is 12.5 Å². The molecule has 26 heavy (non-hydrogen) atoms. The molecule has 0 atom stereocenters. The zero-order chi connectivity index (χ0) is 18.6. The second-order valence-electron chi connectivity index (χ2n) is 5.54. The van der Waals surface area contributed by atoms with Gasteiger partial charge in [-0.25, -0.2) is 0 Å². The molecule has 0 aromatic heterocycles. The predicted molar refractivity (Wildman–Crippen MR) is 102 cm³/mol. The molecule has 0 aliphatic rings. The molecule has 2 N–H and O–H groups in total. The molecular formula is C20H26N2O4. The Morgan fingerprint density at radius 3 is 2.54 bits per heavy atom. The van der Waals surface area contributed by atoms with Crippen molar-refractivity contribution in [3.8, 4) is 11.5 Å². The van der Waals surface area contributed by atoms with Crippen LogP contribution in [0, 0.1) is 0 Å². The smallest absolute Gasteiger partial charge is 0.238 e. The van der Waals surface area contributed by atoms with Crippen molar-refractivity contribution in [2.24, 2.45) is 0 Å². The van der Waals surface area contributed by atoms with Crippen LogP contribution in [-0.2, 0) is 16.1 Å². The first kappa shape index (κ1) is 19.8. The first-order valence-electron chi connectivity index (χ1n) is 8.66. The molecule has 0 heterocycles. The minimum Gasteiger partial charge on any atom is -0.497 e. The van der Waals surface area contributed by atoms with E-state index >= 15 is 0 Å². The Morgan fingerprint density at radius 1 is 1.04 bits per heavy atom. The summed E-state index contributed by atoms with van der Waals surface area (Å²) in [4.78, 5) is 12.2. The first-order chi connectivity index (χ1) is 12.7. The van der Waals surface area contributed by atoms with E-state index in [1.165, 1.54) is 0 Å². The Balaban J connectivity index is 1.78. The van der Waals surface area contributed by atoms with Crippen molar-refractivity contribution in [3.63, 3.8) is 0 Å². The summed E-state index contributed by atoms with van der Waals surface area (Å²) >= 11 is 0. The lowest BCUT2D eigenvalue weighted by molar-refractivity contribution is -0.115. The van der Waals surface area contributed by atoms with E-state index in [9.17, 15) is 4.79 Å². The zero-order valence-electron chi connectivity index (χ0n) is 15.3. The van der Waals surface area contributed by atoms with Crippen molar-refractivity contribution in [2.75, 3.05) is 38.8 Å². The van der Waals surface area contributed by atoms with Gasteiger partial charge in [-0.05, 0) is 36.8 Å². The lowest BCUT2D eigenvalue weighted by atomic mass is 10.2. The summed E-state index contributed by atoms with van der Waals surface area (Å²) in [6.45, 7) is 4.36. The third-order valence-electron chi connectivity index (χ3n) is 3.62. The van der Waals surface area contributed by atoms with Gasteiger partial charge < -0.3 is 24.8 Å². The van der Waals surface area contributed by atoms with Gasteiger partial charge in [0, 0.05) is 13.2 Å². The minimum atomic E-state index is -0.126. The van der Waals surface area contributed by atoms with Gasteiger partial charge in [-0.15, -0.1) is 0 Å². The van der Waals surface area contributed by atoms with Crippen LogP contribution in [0.4, 0.5) is 5.69 Å². The van der Waals surface area contributed by atoms with E-state index in [1.807, 2.05) is 55.5 Å². The average Bonchev–Trinajstić information content (AvgIpc) is 2.67. The summed E-state index contributed by atoms with van der Waals surface area (Å²) in [6.07, 6.45) is 0. The first-order valence-corrected chi connectivity index (χ1v) is 8.66. The zero-order valence-corrected chi connectivity index (χ0v) is 15.3. The van der Waals surface area contributed by atoms with Gasteiger partial charge in [0.25, 0.3) is 0 Å². The van der Waals surface area contributed by atoms with E-state index in [-0.39, 0.29) is 12.5 Å². The van der Waals surface area contributed by atoms with E-state index in [0.717, 1.165) is 11.3 Å². The number of rotatable bonds is 11. The number of hydrogen-bond acceptors (Lipinski definition) is 5. The monoisotopic (exact) mass is 358 g/mol. The molecule has 6 nitrogen and oxygen atoms in total. The molecule has 0 spiro atoms. The minimum absolute atomic E-state index is 0.126. The van der Waals surface area contributed by atoms with Gasteiger partial charge in [0.15, 0.2) is 0 Å². The molecule has 2 aromatic carbocycles. The Hall–Kier alpha value is -2.57. The Kier molecular flexibility index (Phi) is 8.45. The fraction of sp³-hybridized carbons (Fsp3) is 0.350. The summed E-state index contributed by atoms with van der Waals surface area (Å²) in [5.41, 5.74) is 1.73. The number of anilines is 1. The Morgan fingerprint density at radius 2 is 1.81 bits per heavy atom. The maximum Gasteiger partial charge on any atom is 0.238 e. The van der Waals surface area contributed by atoms with Crippen molar-refractivity contribution in [1.29, 1.82) is 0 Å². The van der Waals surface area contributed by atoms with E-state index in [2.05, 4.69) is 10.6 Å². The molecule has 0 aliphatic heterocycles. The number of nitrogens with one attached hydrogen (secondary N) is 2. The second-order valence-corrected chi connectivity index (χ2v) is 5.54. The van der Waals surface area contributed by atoms with E-state index in [0.29, 0.717) is 37.8 Å². The molecule has 2 aromatic rings. The van der Waals surface area contributed by atoms with Gasteiger partial charge in [0.1, 0.15) is 18.1 Å². The SMILES string of the molecule is CCOCCOc1ccccc1NC(=O)CNCc1ccc(OC)cc1. The summed E-state index contributed by atoms with van der Waals surface area (Å²) in [6, 6.07) is 15.1. The van der Waals surface area contributed by atoms with Crippen LogP contribution in [0.15, 0.2) is 48.5 Å². The van der Waals surface area contributed by atoms with Crippen LogP contribution in [0.25, 0.3) is 0 Å². The molecule has 2 rings (SSSR count). The number of methoxy groups -OCH3 is 1. The quantitative estimate of drug-likeness (QED) is 0.605. The van der Waals surface area contributed by atoms with Gasteiger partial charge in [-0.2, -0.15) is 0 Å². The van der Waals surface area contributed by atoms with Crippen molar-refractivity contribution < 1.29 is 19.0 Å². The predicted octanol–water partition coefficient (Wildman–Crippen LogP) is 2.84. The van der Waals surface area contributed by atoms with Gasteiger partial charge in [-0.3, -0.25) is 4.79 Å². The molecule has 0 bridgehead atoms. The highest BCUT2D eigenvalue weighted by Crippen LogP contribution is 2.23. The number of carbonyl (C=O) groups is 1. The van der Waals surface area contributed by atoms with E-state index in [4.69, 9.17) is 14.2 Å². The summed E-state index contributed by atoms with van der Waals surface area (Å²) in [7, 11) is 1.63. The number of carbonyl (C=O) groups excluding carboxylic acids is 1. The summed E-state index contributed by atoms with van der Waals surface area (Å²) in [5.74, 6) is 1.32. The van der Waals surface area contributed by atoms with Crippen molar-refractivity contribution in [3.05, 3.63) is 54.1 Å². The molecule has 0 saturated carbocycles. The highest BCUT2D eigenvalue weighted by Gasteiger charge is 2.07. The Labute approximate surface area is 154 Å². The van der Waals surface area contributed by atoms with Crippen LogP contribution < -0.4 is 20.1 Å². The molecular weight excluding hydrogens is 332 g/mol. The topological polar surface area (TPSA) is 68.8 Å². The van der Waals surface area contributed by atoms with Gasteiger partial charge in [-0.1, -0.05) is 24.3 Å². The standard InChI is InChI=1S/C20H26N2O4/c1-3-25-12-13-26-19-7-5-4-6-18(19)22-20(23)15-21-14-16-8-10-17(24-2)11-9-16/h4-11,21H,3,12-15H2,1-2H3,(H,22,23). The molecule has 0 fully saturated rings. The van der Waals surface area contributed by atoms with Crippen LogP contribution in [0.5, 0.6) is 11.5 Å². The lowest BCUT2D eigenvalue weighted by Crippen LogP contribution is -2.28. The molecule has 6 heteroatoms. The second kappa shape index (κ2) is 11.1. The third-order valence-corrected chi connectivity index (χ3v) is 3.62. The largest absolute Gasteiger partial charge is 0.497 e. The van der Waals surface area contributed by atoms with Crippen molar-refractivity contribution in [2.45, 2.75) is 13.5 Å².